The predicted molar refractivity (Wildman–Crippen MR) is 80.1 cm³/mol. The average molecular weight is 317 g/mol. The van der Waals surface area contributed by atoms with Crippen LogP contribution < -0.4 is 10.5 Å². The molecule has 0 aliphatic carbocycles. The Labute approximate surface area is 127 Å². The number of rotatable bonds is 4. The van der Waals surface area contributed by atoms with Crippen LogP contribution in [0.4, 0.5) is 0 Å². The number of benzene rings is 2. The van der Waals surface area contributed by atoms with E-state index in [1.165, 1.54) is 0 Å². The van der Waals surface area contributed by atoms with E-state index in [1.54, 1.807) is 12.1 Å². The third kappa shape index (κ3) is 3.54. The van der Waals surface area contributed by atoms with Gasteiger partial charge in [0.2, 0.25) is 0 Å². The first-order valence-electron chi connectivity index (χ1n) is 5.66. The Kier molecular flexibility index (Phi) is 4.94. The first-order valence-corrected chi connectivity index (χ1v) is 6.79. The zero-order valence-electron chi connectivity index (χ0n) is 10.00. The number of hydrogen-bond acceptors (Lipinski definition) is 2. The second-order valence-corrected chi connectivity index (χ2v) is 5.18. The SMILES string of the molecule is NCc1ccccc1COc1cc(Cl)c(Cl)cc1Cl. The highest BCUT2D eigenvalue weighted by Gasteiger charge is 2.08. The highest BCUT2D eigenvalue weighted by atomic mass is 35.5. The summed E-state index contributed by atoms with van der Waals surface area (Å²) in [6.45, 7) is 0.847. The molecule has 0 aliphatic heterocycles. The van der Waals surface area contributed by atoms with Crippen molar-refractivity contribution >= 4 is 34.8 Å². The maximum atomic E-state index is 6.05. The zero-order chi connectivity index (χ0) is 13.8. The standard InChI is InChI=1S/C14H12Cl3NO/c15-11-5-13(17)14(6-12(11)16)19-8-10-4-2-1-3-9(10)7-18/h1-6H,7-8,18H2. The van der Waals surface area contributed by atoms with Crippen molar-refractivity contribution in [2.75, 3.05) is 0 Å². The van der Waals surface area contributed by atoms with Crippen molar-refractivity contribution in [2.45, 2.75) is 13.2 Å². The smallest absolute Gasteiger partial charge is 0.139 e. The van der Waals surface area contributed by atoms with Gasteiger partial charge < -0.3 is 10.5 Å². The minimum atomic E-state index is 0.380. The minimum absolute atomic E-state index is 0.380. The highest BCUT2D eigenvalue weighted by Crippen LogP contribution is 2.34. The predicted octanol–water partition coefficient (Wildman–Crippen LogP) is 4.68. The van der Waals surface area contributed by atoms with Crippen molar-refractivity contribution in [2.24, 2.45) is 5.73 Å². The number of nitrogens with two attached hydrogens (primary N) is 1. The Morgan fingerprint density at radius 1 is 0.895 bits per heavy atom. The topological polar surface area (TPSA) is 35.2 Å². The normalized spacial score (nSPS) is 10.5. The maximum Gasteiger partial charge on any atom is 0.139 e. The average Bonchev–Trinajstić information content (AvgIpc) is 2.41. The van der Waals surface area contributed by atoms with Crippen molar-refractivity contribution < 1.29 is 4.74 Å². The fourth-order valence-corrected chi connectivity index (χ4v) is 2.26. The molecule has 0 aromatic heterocycles. The molecule has 0 unspecified atom stereocenters. The van der Waals surface area contributed by atoms with E-state index in [9.17, 15) is 0 Å². The van der Waals surface area contributed by atoms with E-state index in [2.05, 4.69) is 0 Å². The van der Waals surface area contributed by atoms with Crippen LogP contribution in [0.3, 0.4) is 0 Å². The van der Waals surface area contributed by atoms with Crippen LogP contribution in [0.1, 0.15) is 11.1 Å². The summed E-state index contributed by atoms with van der Waals surface area (Å²) in [5, 5.41) is 1.24. The van der Waals surface area contributed by atoms with Crippen LogP contribution in [0, 0.1) is 0 Å². The van der Waals surface area contributed by atoms with E-state index in [4.69, 9.17) is 45.3 Å². The van der Waals surface area contributed by atoms with Crippen LogP contribution in [-0.4, -0.2) is 0 Å². The van der Waals surface area contributed by atoms with Crippen molar-refractivity contribution in [3.05, 3.63) is 62.6 Å². The summed E-state index contributed by atoms with van der Waals surface area (Å²) < 4.78 is 5.67. The molecule has 0 bridgehead atoms. The first kappa shape index (κ1) is 14.5. The van der Waals surface area contributed by atoms with Gasteiger partial charge in [0.15, 0.2) is 0 Å². The Bertz CT molecular complexity index is 587. The van der Waals surface area contributed by atoms with Crippen LogP contribution >= 0.6 is 34.8 Å². The summed E-state index contributed by atoms with van der Waals surface area (Å²) in [7, 11) is 0. The molecule has 5 heteroatoms. The lowest BCUT2D eigenvalue weighted by Gasteiger charge is -2.11. The van der Waals surface area contributed by atoms with Gasteiger partial charge in [0, 0.05) is 12.6 Å². The Morgan fingerprint density at radius 2 is 1.53 bits per heavy atom. The largest absolute Gasteiger partial charge is 0.487 e. The summed E-state index contributed by atoms with van der Waals surface area (Å²) in [5.41, 5.74) is 7.73. The molecule has 2 rings (SSSR count). The van der Waals surface area contributed by atoms with E-state index in [0.29, 0.717) is 34.0 Å². The monoisotopic (exact) mass is 315 g/mol. The van der Waals surface area contributed by atoms with Gasteiger partial charge in [-0.3, -0.25) is 0 Å². The van der Waals surface area contributed by atoms with E-state index < -0.39 is 0 Å². The molecule has 0 fully saturated rings. The van der Waals surface area contributed by atoms with Gasteiger partial charge in [-0.15, -0.1) is 0 Å². The lowest BCUT2D eigenvalue weighted by atomic mass is 10.1. The van der Waals surface area contributed by atoms with Crippen molar-refractivity contribution in [1.82, 2.24) is 0 Å². The van der Waals surface area contributed by atoms with Crippen molar-refractivity contribution in [3.63, 3.8) is 0 Å². The summed E-state index contributed by atoms with van der Waals surface area (Å²) in [5.74, 6) is 0.503. The fraction of sp³-hybridized carbons (Fsp3) is 0.143. The first-order chi connectivity index (χ1) is 9.11. The van der Waals surface area contributed by atoms with E-state index in [0.717, 1.165) is 11.1 Å². The molecule has 0 amide bonds. The lowest BCUT2D eigenvalue weighted by Crippen LogP contribution is -2.04. The molecule has 2 N–H and O–H groups in total. The second-order valence-electron chi connectivity index (χ2n) is 3.96. The molecule has 0 atom stereocenters. The van der Waals surface area contributed by atoms with Gasteiger partial charge in [0.1, 0.15) is 12.4 Å². The van der Waals surface area contributed by atoms with E-state index >= 15 is 0 Å². The molecule has 2 aromatic rings. The lowest BCUT2D eigenvalue weighted by molar-refractivity contribution is 0.305. The molecular formula is C14H12Cl3NO. The minimum Gasteiger partial charge on any atom is -0.487 e. The molecular weight excluding hydrogens is 305 g/mol. The van der Waals surface area contributed by atoms with Crippen LogP contribution in [0.25, 0.3) is 0 Å². The van der Waals surface area contributed by atoms with E-state index in [-0.39, 0.29) is 0 Å². The molecule has 2 nitrogen and oxygen atoms in total. The molecule has 0 saturated carbocycles. The third-order valence-corrected chi connectivity index (χ3v) is 3.71. The highest BCUT2D eigenvalue weighted by molar-refractivity contribution is 6.43. The van der Waals surface area contributed by atoms with Gasteiger partial charge in [0.05, 0.1) is 15.1 Å². The number of hydrogen-bond donors (Lipinski definition) is 1. The maximum absolute atomic E-state index is 6.05. The molecule has 0 aliphatic rings. The molecule has 19 heavy (non-hydrogen) atoms. The van der Waals surface area contributed by atoms with Gasteiger partial charge in [-0.25, -0.2) is 0 Å². The number of halogens is 3. The van der Waals surface area contributed by atoms with Gasteiger partial charge in [-0.1, -0.05) is 59.1 Å². The summed E-state index contributed by atoms with van der Waals surface area (Å²) in [6.07, 6.45) is 0. The summed E-state index contributed by atoms with van der Waals surface area (Å²) in [4.78, 5) is 0. The quantitative estimate of drug-likeness (QED) is 0.831. The molecule has 0 heterocycles. The van der Waals surface area contributed by atoms with Gasteiger partial charge in [-0.2, -0.15) is 0 Å². The second kappa shape index (κ2) is 6.49. The molecule has 2 aromatic carbocycles. The van der Waals surface area contributed by atoms with Gasteiger partial charge in [-0.05, 0) is 17.2 Å². The molecule has 0 spiro atoms. The summed E-state index contributed by atoms with van der Waals surface area (Å²) in [6, 6.07) is 11.0. The Hall–Kier alpha value is -0.930. The van der Waals surface area contributed by atoms with Gasteiger partial charge >= 0.3 is 0 Å². The van der Waals surface area contributed by atoms with Crippen molar-refractivity contribution in [3.8, 4) is 5.75 Å². The molecule has 100 valence electrons. The van der Waals surface area contributed by atoms with Crippen molar-refractivity contribution in [1.29, 1.82) is 0 Å². The van der Waals surface area contributed by atoms with Crippen LogP contribution in [-0.2, 0) is 13.2 Å². The fourth-order valence-electron chi connectivity index (χ4n) is 1.67. The van der Waals surface area contributed by atoms with Crippen LogP contribution in [0.15, 0.2) is 36.4 Å². The Balaban J connectivity index is 2.17. The van der Waals surface area contributed by atoms with Crippen LogP contribution in [0.2, 0.25) is 15.1 Å². The van der Waals surface area contributed by atoms with Gasteiger partial charge in [0.25, 0.3) is 0 Å². The Morgan fingerprint density at radius 3 is 2.21 bits per heavy atom. The van der Waals surface area contributed by atoms with E-state index in [1.807, 2.05) is 24.3 Å². The zero-order valence-corrected chi connectivity index (χ0v) is 12.3. The van der Waals surface area contributed by atoms with Crippen LogP contribution in [0.5, 0.6) is 5.75 Å². The third-order valence-electron chi connectivity index (χ3n) is 2.70. The summed E-state index contributed by atoms with van der Waals surface area (Å²) >= 11 is 17.8. The molecule has 0 saturated heterocycles. The number of ether oxygens (including phenoxy) is 1. The molecule has 0 radical (unpaired) electrons.